The van der Waals surface area contributed by atoms with Crippen LogP contribution in [0.2, 0.25) is 5.15 Å². The Hall–Kier alpha value is -4.79. The van der Waals surface area contributed by atoms with Gasteiger partial charge in [-0.3, -0.25) is 4.79 Å². The van der Waals surface area contributed by atoms with Gasteiger partial charge >= 0.3 is 0 Å². The Kier molecular flexibility index (Phi) is 8.31. The fourth-order valence-corrected chi connectivity index (χ4v) is 5.19. The number of aromatic nitrogens is 2. The average molecular weight is 652 g/mol. The van der Waals surface area contributed by atoms with Gasteiger partial charge in [0, 0.05) is 32.4 Å². The highest BCUT2D eigenvalue weighted by molar-refractivity contribution is 9.10. The topological polar surface area (TPSA) is 85.7 Å². The Morgan fingerprint density at radius 3 is 2.47 bits per heavy atom. The summed E-state index contributed by atoms with van der Waals surface area (Å²) in [6.45, 7) is -0.207. The van der Waals surface area contributed by atoms with Crippen LogP contribution in [-0.2, 0) is 4.79 Å². The van der Waals surface area contributed by atoms with Crippen molar-refractivity contribution in [2.24, 2.45) is 5.10 Å². The molecular weight excluding hydrogens is 628 g/mol. The smallest absolute Gasteiger partial charge is 0.277 e. The first-order valence-corrected chi connectivity index (χ1v) is 14.5. The van der Waals surface area contributed by atoms with Gasteiger partial charge in [-0.25, -0.2) is 15.4 Å². The van der Waals surface area contributed by atoms with Gasteiger partial charge in [0.05, 0.1) is 30.1 Å². The van der Waals surface area contributed by atoms with Gasteiger partial charge in [0.15, 0.2) is 6.61 Å². The summed E-state index contributed by atoms with van der Waals surface area (Å²) in [4.78, 5) is 21.6. The molecule has 212 valence electrons. The Bertz CT molecular complexity index is 1980. The van der Waals surface area contributed by atoms with E-state index in [1.54, 1.807) is 13.2 Å². The molecule has 2 aromatic heterocycles. The summed E-state index contributed by atoms with van der Waals surface area (Å²) in [5.74, 6) is 0.827. The number of hydrogen-bond acceptors (Lipinski definition) is 6. The van der Waals surface area contributed by atoms with Gasteiger partial charge in [-0.15, -0.1) is 0 Å². The molecule has 2 heterocycles. The number of carbonyl (C=O) groups excluding carboxylic acids is 1. The molecule has 7 nitrogen and oxygen atoms in total. The van der Waals surface area contributed by atoms with Crippen molar-refractivity contribution < 1.29 is 14.3 Å². The van der Waals surface area contributed by atoms with E-state index in [9.17, 15) is 4.79 Å². The first-order valence-electron chi connectivity index (χ1n) is 13.3. The number of hydrogen-bond donors (Lipinski definition) is 1. The largest absolute Gasteiger partial charge is 0.497 e. The van der Waals surface area contributed by atoms with E-state index < -0.39 is 5.91 Å². The minimum absolute atomic E-state index is 0.207. The number of carbonyl (C=O) groups is 1. The lowest BCUT2D eigenvalue weighted by molar-refractivity contribution is -0.123. The molecule has 1 amide bonds. The van der Waals surface area contributed by atoms with Gasteiger partial charge in [-0.1, -0.05) is 57.9 Å². The molecule has 0 atom stereocenters. The highest BCUT2D eigenvalue weighted by atomic mass is 79.9. The van der Waals surface area contributed by atoms with Crippen LogP contribution in [0.4, 0.5) is 0 Å². The molecule has 0 bridgehead atoms. The minimum atomic E-state index is -0.412. The van der Waals surface area contributed by atoms with E-state index >= 15 is 0 Å². The lowest BCUT2D eigenvalue weighted by atomic mass is 9.98. The number of hydrazone groups is 1. The summed E-state index contributed by atoms with van der Waals surface area (Å²) in [6, 6.07) is 33.3. The van der Waals surface area contributed by atoms with Gasteiger partial charge < -0.3 is 9.47 Å². The first-order chi connectivity index (χ1) is 21.0. The maximum atomic E-state index is 12.4. The Morgan fingerprint density at radius 2 is 1.67 bits per heavy atom. The fourth-order valence-electron chi connectivity index (χ4n) is 4.64. The van der Waals surface area contributed by atoms with Crippen LogP contribution >= 0.6 is 27.5 Å². The molecular formula is C34H24BrClN4O3. The third-order valence-electron chi connectivity index (χ3n) is 6.77. The molecule has 9 heteroatoms. The Morgan fingerprint density at radius 1 is 0.884 bits per heavy atom. The highest BCUT2D eigenvalue weighted by Gasteiger charge is 2.11. The number of rotatable bonds is 8. The third-order valence-corrected chi connectivity index (χ3v) is 7.57. The van der Waals surface area contributed by atoms with Crippen molar-refractivity contribution in [3.05, 3.63) is 118 Å². The summed E-state index contributed by atoms with van der Waals surface area (Å²) in [7, 11) is 1.59. The molecule has 0 aliphatic rings. The molecule has 6 aromatic rings. The summed E-state index contributed by atoms with van der Waals surface area (Å²) in [5.41, 5.74) is 8.62. The zero-order chi connectivity index (χ0) is 29.8. The number of fused-ring (bicyclic) bond motifs is 2. The molecule has 43 heavy (non-hydrogen) atoms. The molecule has 0 radical (unpaired) electrons. The first kappa shape index (κ1) is 28.3. The van der Waals surface area contributed by atoms with E-state index in [1.165, 1.54) is 6.21 Å². The quantitative estimate of drug-likeness (QED) is 0.102. The van der Waals surface area contributed by atoms with Gasteiger partial charge in [-0.2, -0.15) is 5.10 Å². The number of halogens is 2. The number of pyridine rings is 2. The van der Waals surface area contributed by atoms with E-state index in [0.29, 0.717) is 22.6 Å². The fraction of sp³-hybridized carbons (Fsp3) is 0.0588. The number of methoxy groups -OCH3 is 1. The molecule has 0 unspecified atom stereocenters. The standard InChI is InChI=1S/C34H24BrClN4O3/c1-42-27-13-9-23-15-24(34(36)39-31(23)17-27)19-37-40-33(41)20-43-26-11-7-22(8-12-26)32-18-28(21-5-3-2-4-6-21)29-16-25(35)10-14-30(29)38-32/h2-19H,20H2,1H3,(H,40,41)/b37-19+. The Labute approximate surface area is 261 Å². The molecule has 0 spiro atoms. The summed E-state index contributed by atoms with van der Waals surface area (Å²) < 4.78 is 11.9. The summed E-state index contributed by atoms with van der Waals surface area (Å²) in [6.07, 6.45) is 1.45. The molecule has 0 saturated carbocycles. The van der Waals surface area contributed by atoms with Crippen molar-refractivity contribution >= 4 is 61.5 Å². The monoisotopic (exact) mass is 650 g/mol. The van der Waals surface area contributed by atoms with E-state index in [2.05, 4.69) is 55.7 Å². The summed E-state index contributed by atoms with van der Waals surface area (Å²) >= 11 is 9.89. The van der Waals surface area contributed by atoms with Crippen LogP contribution in [0.25, 0.3) is 44.2 Å². The highest BCUT2D eigenvalue weighted by Crippen LogP contribution is 2.34. The Balaban J connectivity index is 1.12. The SMILES string of the molecule is COc1ccc2cc(/C=N/NC(=O)COc3ccc(-c4cc(-c5ccccc5)c5cc(Br)ccc5n4)cc3)c(Cl)nc2c1. The molecule has 0 aliphatic carbocycles. The lowest BCUT2D eigenvalue weighted by Gasteiger charge is -2.11. The van der Waals surface area contributed by atoms with Crippen LogP contribution < -0.4 is 14.9 Å². The normalized spacial score (nSPS) is 11.2. The second-order valence-corrected chi connectivity index (χ2v) is 10.9. The minimum Gasteiger partial charge on any atom is -0.497 e. The van der Waals surface area contributed by atoms with Crippen molar-refractivity contribution in [2.75, 3.05) is 13.7 Å². The van der Waals surface area contributed by atoms with Crippen molar-refractivity contribution in [1.29, 1.82) is 0 Å². The summed E-state index contributed by atoms with van der Waals surface area (Å²) in [5, 5.41) is 6.21. The zero-order valence-corrected chi connectivity index (χ0v) is 25.3. The molecule has 0 aliphatic heterocycles. The van der Waals surface area contributed by atoms with Gasteiger partial charge in [-0.05, 0) is 77.9 Å². The van der Waals surface area contributed by atoms with Crippen LogP contribution in [0.3, 0.4) is 0 Å². The van der Waals surface area contributed by atoms with Crippen molar-refractivity contribution in [3.63, 3.8) is 0 Å². The number of ether oxygens (including phenoxy) is 2. The maximum Gasteiger partial charge on any atom is 0.277 e. The maximum absolute atomic E-state index is 12.4. The molecule has 1 N–H and O–H groups in total. The van der Waals surface area contributed by atoms with E-state index in [-0.39, 0.29) is 11.8 Å². The molecule has 4 aromatic carbocycles. The second kappa shape index (κ2) is 12.6. The van der Waals surface area contributed by atoms with E-state index in [4.69, 9.17) is 26.1 Å². The van der Waals surface area contributed by atoms with Crippen molar-refractivity contribution in [2.45, 2.75) is 0 Å². The van der Waals surface area contributed by atoms with Gasteiger partial charge in [0.2, 0.25) is 0 Å². The van der Waals surface area contributed by atoms with Crippen LogP contribution in [0, 0.1) is 0 Å². The zero-order valence-electron chi connectivity index (χ0n) is 22.9. The molecule has 0 fully saturated rings. The predicted octanol–water partition coefficient (Wildman–Crippen LogP) is 8.07. The number of benzene rings is 4. The average Bonchev–Trinajstić information content (AvgIpc) is 3.04. The van der Waals surface area contributed by atoms with Crippen molar-refractivity contribution in [1.82, 2.24) is 15.4 Å². The van der Waals surface area contributed by atoms with E-state index in [0.717, 1.165) is 43.1 Å². The van der Waals surface area contributed by atoms with Crippen LogP contribution in [0.5, 0.6) is 11.5 Å². The number of nitrogens with zero attached hydrogens (tertiary/aromatic N) is 3. The van der Waals surface area contributed by atoms with Crippen LogP contribution in [0.15, 0.2) is 113 Å². The lowest BCUT2D eigenvalue weighted by Crippen LogP contribution is -2.24. The number of nitrogens with one attached hydrogen (secondary N) is 1. The predicted molar refractivity (Wildman–Crippen MR) is 175 cm³/mol. The van der Waals surface area contributed by atoms with Gasteiger partial charge in [0.25, 0.3) is 5.91 Å². The number of amides is 1. The van der Waals surface area contributed by atoms with Crippen LogP contribution in [0.1, 0.15) is 5.56 Å². The molecule has 6 rings (SSSR count). The van der Waals surface area contributed by atoms with E-state index in [1.807, 2.05) is 72.8 Å². The third kappa shape index (κ3) is 6.51. The second-order valence-electron chi connectivity index (χ2n) is 9.62. The molecule has 0 saturated heterocycles. The van der Waals surface area contributed by atoms with Crippen LogP contribution in [-0.4, -0.2) is 35.8 Å². The van der Waals surface area contributed by atoms with Gasteiger partial charge in [0.1, 0.15) is 16.7 Å². The van der Waals surface area contributed by atoms with Crippen molar-refractivity contribution in [3.8, 4) is 33.9 Å².